The number of Topliss-reactive ketones (excluding diaryl/α,β-unsaturated/α-hetero) is 2. The highest BCUT2D eigenvalue weighted by Crippen LogP contribution is 2.32. The van der Waals surface area contributed by atoms with Gasteiger partial charge in [-0.3, -0.25) is 34.4 Å². The molecule has 6 heterocycles. The van der Waals surface area contributed by atoms with Crippen molar-refractivity contribution in [2.24, 2.45) is 0 Å². The molecule has 0 radical (unpaired) electrons. The van der Waals surface area contributed by atoms with Crippen LogP contribution in [-0.4, -0.2) is 85.6 Å². The Bertz CT molecular complexity index is 2190. The minimum Gasteiger partial charge on any atom is -0.444 e. The minimum absolute atomic E-state index is 0. The van der Waals surface area contributed by atoms with Crippen LogP contribution in [0.15, 0.2) is 61.2 Å². The zero-order valence-electron chi connectivity index (χ0n) is 34.9. The summed E-state index contributed by atoms with van der Waals surface area (Å²) in [7, 11) is 0. The molecule has 4 aromatic rings. The lowest BCUT2D eigenvalue weighted by atomic mass is 9.99. The van der Waals surface area contributed by atoms with Crippen LogP contribution in [0.3, 0.4) is 0 Å². The molecule has 63 heavy (non-hydrogen) atoms. The van der Waals surface area contributed by atoms with Crippen LogP contribution < -0.4 is 5.32 Å². The van der Waals surface area contributed by atoms with Crippen LogP contribution in [0.2, 0.25) is 0 Å². The molecule has 1 N–H and O–H groups in total. The second-order valence-corrected chi connectivity index (χ2v) is 16.0. The Balaban J connectivity index is 0.000000333. The lowest BCUT2D eigenvalue weighted by molar-refractivity contribution is -0.141. The largest absolute Gasteiger partial charge is 0.444 e. The second kappa shape index (κ2) is 21.7. The fourth-order valence-corrected chi connectivity index (χ4v) is 6.86. The summed E-state index contributed by atoms with van der Waals surface area (Å²) in [5.74, 6) is -0.360. The molecule has 2 aliphatic rings. The van der Waals surface area contributed by atoms with Gasteiger partial charge in [0.2, 0.25) is 0 Å². The molecule has 0 saturated carbocycles. The highest BCUT2D eigenvalue weighted by atomic mass is 35.5. The molecule has 344 valence electrons. The number of pyridine rings is 4. The maximum Gasteiger partial charge on any atom is 0.433 e. The quantitative estimate of drug-likeness (QED) is 0.155. The van der Waals surface area contributed by atoms with Crippen molar-refractivity contribution in [2.75, 3.05) is 13.1 Å². The Kier molecular flexibility index (Phi) is 18.1. The zero-order chi connectivity index (χ0) is 44.9. The molecule has 4 aromatic heterocycles. The summed E-state index contributed by atoms with van der Waals surface area (Å²) in [6, 6.07) is 6.66. The maximum atomic E-state index is 14.0. The van der Waals surface area contributed by atoms with Crippen molar-refractivity contribution < 1.29 is 54.2 Å². The van der Waals surface area contributed by atoms with E-state index in [-0.39, 0.29) is 81.6 Å². The van der Waals surface area contributed by atoms with Gasteiger partial charge in [-0.1, -0.05) is 12.1 Å². The van der Waals surface area contributed by atoms with Crippen molar-refractivity contribution in [2.45, 2.75) is 116 Å². The third-order valence-electron chi connectivity index (χ3n) is 10.0. The molecular formula is C43H48Cl2F8N6O4. The van der Waals surface area contributed by atoms with Crippen molar-refractivity contribution in [3.63, 3.8) is 0 Å². The summed E-state index contributed by atoms with van der Waals surface area (Å²) < 4.78 is 109. The van der Waals surface area contributed by atoms with E-state index < -0.39 is 59.9 Å². The predicted molar refractivity (Wildman–Crippen MR) is 223 cm³/mol. The number of halogens is 10. The highest BCUT2D eigenvalue weighted by Gasteiger charge is 2.41. The van der Waals surface area contributed by atoms with Crippen LogP contribution >= 0.6 is 24.8 Å². The molecule has 0 spiro atoms. The van der Waals surface area contributed by atoms with E-state index in [0.717, 1.165) is 39.9 Å². The summed E-state index contributed by atoms with van der Waals surface area (Å²) >= 11 is 0. The van der Waals surface area contributed by atoms with Crippen LogP contribution in [0.4, 0.5) is 39.9 Å². The van der Waals surface area contributed by atoms with Gasteiger partial charge in [0.15, 0.2) is 5.78 Å². The molecule has 2 aliphatic heterocycles. The number of nitrogens with zero attached hydrogens (tertiary/aromatic N) is 5. The van der Waals surface area contributed by atoms with Gasteiger partial charge >= 0.3 is 18.4 Å². The Labute approximate surface area is 371 Å². The van der Waals surface area contributed by atoms with E-state index in [0.29, 0.717) is 34.5 Å². The molecule has 4 atom stereocenters. The van der Waals surface area contributed by atoms with Crippen LogP contribution in [0, 0.1) is 13.8 Å². The van der Waals surface area contributed by atoms with Gasteiger partial charge in [-0.15, -0.1) is 24.8 Å². The van der Waals surface area contributed by atoms with E-state index in [1.54, 1.807) is 59.1 Å². The van der Waals surface area contributed by atoms with Crippen LogP contribution in [0.5, 0.6) is 0 Å². The first kappa shape index (κ1) is 52.5. The van der Waals surface area contributed by atoms with Crippen LogP contribution in [-0.2, 0) is 39.5 Å². The number of alkyl halides is 8. The Morgan fingerprint density at radius 3 is 1.57 bits per heavy atom. The number of carbonyl (C=O) groups is 3. The Morgan fingerprint density at radius 2 is 1.17 bits per heavy atom. The number of likely N-dealkylation sites (tertiary alicyclic amines) is 1. The number of aryl methyl sites for hydroxylation is 4. The van der Waals surface area contributed by atoms with Crippen molar-refractivity contribution in [1.82, 2.24) is 30.2 Å². The molecule has 6 rings (SSSR count). The summed E-state index contributed by atoms with van der Waals surface area (Å²) in [5, 5.41) is 2.86. The van der Waals surface area contributed by atoms with E-state index in [1.807, 2.05) is 0 Å². The monoisotopic (exact) mass is 934 g/mol. The van der Waals surface area contributed by atoms with Gasteiger partial charge in [0.25, 0.3) is 0 Å². The number of hydrogen-bond acceptors (Lipinski definition) is 9. The molecule has 0 bridgehead atoms. The highest BCUT2D eigenvalue weighted by molar-refractivity contribution is 5.88. The lowest BCUT2D eigenvalue weighted by Gasteiger charge is -2.27. The summed E-state index contributed by atoms with van der Waals surface area (Å²) in [5.41, 5.74) is 2.45. The van der Waals surface area contributed by atoms with Gasteiger partial charge in [-0.05, 0) is 94.0 Å². The number of rotatable bonds is 10. The first-order valence-corrected chi connectivity index (χ1v) is 19.5. The molecule has 20 heteroatoms. The van der Waals surface area contributed by atoms with E-state index in [1.165, 1.54) is 18.3 Å². The molecule has 2 fully saturated rings. The van der Waals surface area contributed by atoms with E-state index in [9.17, 15) is 49.5 Å². The lowest BCUT2D eigenvalue weighted by Crippen LogP contribution is -2.43. The van der Waals surface area contributed by atoms with Crippen LogP contribution in [0.1, 0.15) is 80.4 Å². The van der Waals surface area contributed by atoms with Gasteiger partial charge in [0.1, 0.15) is 35.1 Å². The van der Waals surface area contributed by atoms with Crippen molar-refractivity contribution >= 4 is 42.5 Å². The number of nitrogens with one attached hydrogen (secondary N) is 1. The van der Waals surface area contributed by atoms with Crippen molar-refractivity contribution in [3.05, 3.63) is 95.1 Å². The number of amides is 1. The van der Waals surface area contributed by atoms with Gasteiger partial charge in [-0.25, -0.2) is 13.6 Å². The molecule has 2 saturated heterocycles. The molecule has 0 aliphatic carbocycles. The van der Waals surface area contributed by atoms with Gasteiger partial charge in [0, 0.05) is 79.5 Å². The van der Waals surface area contributed by atoms with E-state index in [4.69, 9.17) is 4.74 Å². The average Bonchev–Trinajstić information content (AvgIpc) is 3.81. The summed E-state index contributed by atoms with van der Waals surface area (Å²) in [6.07, 6.45) is -5.51. The molecule has 10 nitrogen and oxygen atoms in total. The fourth-order valence-electron chi connectivity index (χ4n) is 6.86. The minimum atomic E-state index is -4.52. The van der Waals surface area contributed by atoms with Gasteiger partial charge in [0.05, 0.1) is 18.6 Å². The predicted octanol–water partition coefficient (Wildman–Crippen LogP) is 9.84. The zero-order valence-corrected chi connectivity index (χ0v) is 36.6. The number of aromatic nitrogens is 4. The molecule has 1 amide bonds. The van der Waals surface area contributed by atoms with E-state index in [2.05, 4.69) is 25.3 Å². The molecule has 0 unspecified atom stereocenters. The van der Waals surface area contributed by atoms with Gasteiger partial charge < -0.3 is 10.1 Å². The van der Waals surface area contributed by atoms with Crippen LogP contribution in [0.25, 0.3) is 22.3 Å². The third-order valence-corrected chi connectivity index (χ3v) is 10.0. The number of carbonyl (C=O) groups excluding carboxylic acids is 3. The third kappa shape index (κ3) is 14.6. The number of ketones is 2. The first-order valence-electron chi connectivity index (χ1n) is 19.5. The fraction of sp³-hybridized carbons (Fsp3) is 0.465. The topological polar surface area (TPSA) is 127 Å². The SMILES string of the molecule is Cc1cnc(CCC(=O)[C@@H]2C[C@@H](F)CN2)cc1-c1ccc(C(F)(F)F)nc1.Cc1cnc(CCC(=O)[C@@H]2C[C@@H](F)CN2C(=O)OC(C)(C)C)cc1-c1ccc(C(F)(F)F)nc1.Cl.Cl. The Hall–Kier alpha value is -4.81. The van der Waals surface area contributed by atoms with Crippen molar-refractivity contribution in [1.29, 1.82) is 0 Å². The molecule has 0 aromatic carbocycles. The standard InChI is InChI=1S/C24H27F4N3O3.C19H19F4N3O.2ClH/c1-14-11-29-17(10-18(14)15-5-8-21(30-12-15)24(26,27)28)6-7-20(32)19-9-16(25)13-31(19)22(33)34-23(2,3)4;1-11-8-24-14(3-4-17(27)16-6-13(20)10-25-16)7-15(11)12-2-5-18(26-9-12)19(21,22)23;;/h5,8,10-12,16,19H,6-7,9,13H2,1-4H3;2,5,7-9,13,16,25H,3-4,6,10H2,1H3;2*1H/t16-,19+;13-,16+;;/m11../s1. The van der Waals surface area contributed by atoms with Crippen molar-refractivity contribution in [3.8, 4) is 22.3 Å². The Morgan fingerprint density at radius 1 is 0.698 bits per heavy atom. The smallest absolute Gasteiger partial charge is 0.433 e. The maximum absolute atomic E-state index is 14.0. The second-order valence-electron chi connectivity index (χ2n) is 16.0. The number of ether oxygens (including phenoxy) is 1. The molecular weight excluding hydrogens is 887 g/mol. The average molecular weight is 936 g/mol. The normalized spacial score (nSPS) is 18.7. The van der Waals surface area contributed by atoms with Gasteiger partial charge in [-0.2, -0.15) is 26.3 Å². The first-order chi connectivity index (χ1) is 28.5. The summed E-state index contributed by atoms with van der Waals surface area (Å²) in [6.45, 7) is 8.66. The van der Waals surface area contributed by atoms with E-state index >= 15 is 0 Å². The summed E-state index contributed by atoms with van der Waals surface area (Å²) in [4.78, 5) is 54.1. The number of hydrogen-bond donors (Lipinski definition) is 1.